The van der Waals surface area contributed by atoms with Crippen LogP contribution in [0.1, 0.15) is 74.1 Å². The Kier molecular flexibility index (Phi) is 8.62. The van der Waals surface area contributed by atoms with Crippen molar-refractivity contribution in [2.24, 2.45) is 5.92 Å². The Hall–Kier alpha value is -3.92. The maximum absolute atomic E-state index is 9.46. The van der Waals surface area contributed by atoms with E-state index in [-0.39, 0.29) is 16.9 Å². The summed E-state index contributed by atoms with van der Waals surface area (Å²) in [6, 6.07) is 29.9. The Morgan fingerprint density at radius 1 is 0.526 bits per heavy atom. The van der Waals surface area contributed by atoms with E-state index < -0.39 is 0 Å². The molecule has 0 unspecified atom stereocenters. The van der Waals surface area contributed by atoms with E-state index >= 15 is 0 Å². The zero-order chi connectivity index (χ0) is 27.1. The molecule has 0 saturated heterocycles. The quantitative estimate of drug-likeness (QED) is 0.211. The maximum atomic E-state index is 9.46. The molecule has 0 bridgehead atoms. The molecule has 4 aromatic carbocycles. The molecule has 0 spiro atoms. The van der Waals surface area contributed by atoms with Crippen molar-refractivity contribution in [3.05, 3.63) is 119 Å². The SMILES string of the molecule is CC(C)CC(c1ccc(O)cc1)c1ccc(O)cc1.Oc1ccc(C2(c3ccc(O)cc3)CCCC2)cc1. The molecule has 5 rings (SSSR count). The van der Waals surface area contributed by atoms with Gasteiger partial charge in [0.1, 0.15) is 23.0 Å². The average Bonchev–Trinajstić information content (AvgIpc) is 3.41. The lowest BCUT2D eigenvalue weighted by atomic mass is 9.73. The summed E-state index contributed by atoms with van der Waals surface area (Å²) in [7, 11) is 0. The van der Waals surface area contributed by atoms with Gasteiger partial charge in [-0.15, -0.1) is 0 Å². The van der Waals surface area contributed by atoms with E-state index in [0.717, 1.165) is 19.3 Å². The fourth-order valence-electron chi connectivity index (χ4n) is 5.63. The van der Waals surface area contributed by atoms with Gasteiger partial charge in [0.2, 0.25) is 0 Å². The van der Waals surface area contributed by atoms with Crippen LogP contribution in [0, 0.1) is 5.92 Å². The van der Waals surface area contributed by atoms with E-state index in [4.69, 9.17) is 0 Å². The fourth-order valence-corrected chi connectivity index (χ4v) is 5.63. The molecular weight excluding hydrogens is 472 g/mol. The van der Waals surface area contributed by atoms with E-state index in [0.29, 0.717) is 23.3 Å². The molecule has 4 nitrogen and oxygen atoms in total. The summed E-state index contributed by atoms with van der Waals surface area (Å²) in [6.07, 6.45) is 5.74. The molecule has 0 heterocycles. The minimum absolute atomic E-state index is 0.0431. The molecular formula is C34H38O4. The molecule has 198 valence electrons. The molecule has 4 N–H and O–H groups in total. The summed E-state index contributed by atoms with van der Waals surface area (Å²) < 4.78 is 0. The number of rotatable bonds is 6. The van der Waals surface area contributed by atoms with Gasteiger partial charge in [-0.05, 0) is 96.0 Å². The van der Waals surface area contributed by atoms with E-state index in [1.165, 1.54) is 35.1 Å². The molecule has 1 aliphatic carbocycles. The van der Waals surface area contributed by atoms with Crippen molar-refractivity contribution < 1.29 is 20.4 Å². The van der Waals surface area contributed by atoms with Crippen molar-refractivity contribution in [1.82, 2.24) is 0 Å². The van der Waals surface area contributed by atoms with Crippen LogP contribution in [-0.2, 0) is 5.41 Å². The van der Waals surface area contributed by atoms with Gasteiger partial charge in [-0.2, -0.15) is 0 Å². The van der Waals surface area contributed by atoms with Crippen LogP contribution < -0.4 is 0 Å². The van der Waals surface area contributed by atoms with Gasteiger partial charge >= 0.3 is 0 Å². The minimum atomic E-state index is 0.0431. The summed E-state index contributed by atoms with van der Waals surface area (Å²) in [5, 5.41) is 37.7. The summed E-state index contributed by atoms with van der Waals surface area (Å²) >= 11 is 0. The van der Waals surface area contributed by atoms with Crippen LogP contribution in [0.25, 0.3) is 0 Å². The third-order valence-electron chi connectivity index (χ3n) is 7.59. The zero-order valence-corrected chi connectivity index (χ0v) is 22.2. The molecule has 0 atom stereocenters. The Morgan fingerprint density at radius 2 is 0.842 bits per heavy atom. The lowest BCUT2D eigenvalue weighted by Gasteiger charge is -2.30. The third kappa shape index (κ3) is 6.49. The molecule has 1 aliphatic rings. The minimum Gasteiger partial charge on any atom is -0.508 e. The molecule has 0 aromatic heterocycles. The summed E-state index contributed by atoms with van der Waals surface area (Å²) in [5.74, 6) is 2.06. The van der Waals surface area contributed by atoms with E-state index in [9.17, 15) is 20.4 Å². The van der Waals surface area contributed by atoms with E-state index in [1.54, 1.807) is 48.5 Å². The van der Waals surface area contributed by atoms with Crippen molar-refractivity contribution in [3.63, 3.8) is 0 Å². The third-order valence-corrected chi connectivity index (χ3v) is 7.59. The van der Waals surface area contributed by atoms with Crippen molar-refractivity contribution in [2.45, 2.75) is 57.3 Å². The normalized spacial score (nSPS) is 14.3. The molecule has 4 aromatic rings. The number of benzene rings is 4. The number of phenolic OH excluding ortho intramolecular Hbond substituents is 4. The molecule has 38 heavy (non-hydrogen) atoms. The molecule has 1 saturated carbocycles. The van der Waals surface area contributed by atoms with Gasteiger partial charge in [0.25, 0.3) is 0 Å². The highest BCUT2D eigenvalue weighted by Crippen LogP contribution is 2.46. The van der Waals surface area contributed by atoms with Gasteiger partial charge in [-0.1, -0.05) is 75.2 Å². The summed E-state index contributed by atoms with van der Waals surface area (Å²) in [5.41, 5.74) is 4.94. The highest BCUT2D eigenvalue weighted by Gasteiger charge is 2.37. The van der Waals surface area contributed by atoms with Crippen molar-refractivity contribution in [3.8, 4) is 23.0 Å². The van der Waals surface area contributed by atoms with Crippen molar-refractivity contribution >= 4 is 0 Å². The number of phenols is 4. The molecule has 0 radical (unpaired) electrons. The van der Waals surface area contributed by atoms with E-state index in [1.807, 2.05) is 48.5 Å². The molecule has 1 fully saturated rings. The number of aromatic hydroxyl groups is 4. The first kappa shape index (κ1) is 27.1. The van der Waals surface area contributed by atoms with Gasteiger partial charge in [-0.3, -0.25) is 0 Å². The second kappa shape index (κ2) is 12.1. The summed E-state index contributed by atoms with van der Waals surface area (Å²) in [6.45, 7) is 4.40. The van der Waals surface area contributed by atoms with Gasteiger partial charge in [-0.25, -0.2) is 0 Å². The highest BCUT2D eigenvalue weighted by atomic mass is 16.3. The predicted molar refractivity (Wildman–Crippen MR) is 153 cm³/mol. The maximum Gasteiger partial charge on any atom is 0.115 e. The topological polar surface area (TPSA) is 80.9 Å². The van der Waals surface area contributed by atoms with Gasteiger partial charge in [0, 0.05) is 11.3 Å². The predicted octanol–water partition coefficient (Wildman–Crippen LogP) is 8.23. The molecule has 0 amide bonds. The van der Waals surface area contributed by atoms with Crippen molar-refractivity contribution in [1.29, 1.82) is 0 Å². The first-order chi connectivity index (χ1) is 18.3. The van der Waals surface area contributed by atoms with Crippen LogP contribution in [0.3, 0.4) is 0 Å². The van der Waals surface area contributed by atoms with Crippen LogP contribution in [0.5, 0.6) is 23.0 Å². The fraction of sp³-hybridized carbons (Fsp3) is 0.294. The Bertz CT molecular complexity index is 1180. The van der Waals surface area contributed by atoms with Crippen LogP contribution in [0.2, 0.25) is 0 Å². The van der Waals surface area contributed by atoms with Gasteiger partial charge in [0.05, 0.1) is 0 Å². The second-order valence-corrected chi connectivity index (χ2v) is 10.7. The first-order valence-electron chi connectivity index (χ1n) is 13.4. The lowest BCUT2D eigenvalue weighted by Crippen LogP contribution is -2.23. The number of hydrogen-bond donors (Lipinski definition) is 4. The summed E-state index contributed by atoms with van der Waals surface area (Å²) in [4.78, 5) is 0. The zero-order valence-electron chi connectivity index (χ0n) is 22.2. The monoisotopic (exact) mass is 510 g/mol. The van der Waals surface area contributed by atoms with Crippen molar-refractivity contribution in [2.75, 3.05) is 0 Å². The van der Waals surface area contributed by atoms with Crippen LogP contribution in [0.15, 0.2) is 97.1 Å². The Labute approximate surface area is 225 Å². The van der Waals surface area contributed by atoms with Crippen LogP contribution >= 0.6 is 0 Å². The van der Waals surface area contributed by atoms with Crippen LogP contribution in [0.4, 0.5) is 0 Å². The standard InChI is InChI=1S/C17H18O2.C17H20O2/c18-15-7-3-13(4-8-15)17(11-1-2-12-17)14-5-9-16(19)10-6-14;1-12(2)11-17(13-3-7-15(18)8-4-13)14-5-9-16(19)10-6-14/h3-10,18-19H,1-2,11-12H2;3-10,12,17-19H,11H2,1-2H3. The van der Waals surface area contributed by atoms with Gasteiger partial charge < -0.3 is 20.4 Å². The Morgan fingerprint density at radius 3 is 1.16 bits per heavy atom. The van der Waals surface area contributed by atoms with E-state index in [2.05, 4.69) is 13.8 Å². The largest absolute Gasteiger partial charge is 0.508 e. The molecule has 0 aliphatic heterocycles. The number of hydrogen-bond acceptors (Lipinski definition) is 4. The Balaban J connectivity index is 0.000000177. The molecule has 4 heteroatoms. The van der Waals surface area contributed by atoms with Crippen LogP contribution in [-0.4, -0.2) is 20.4 Å². The highest BCUT2D eigenvalue weighted by molar-refractivity contribution is 5.44. The smallest absolute Gasteiger partial charge is 0.115 e. The average molecular weight is 511 g/mol. The lowest BCUT2D eigenvalue weighted by molar-refractivity contribution is 0.471. The first-order valence-corrected chi connectivity index (χ1v) is 13.4. The second-order valence-electron chi connectivity index (χ2n) is 10.7. The van der Waals surface area contributed by atoms with Gasteiger partial charge in [0.15, 0.2) is 0 Å².